The molecule has 0 radical (unpaired) electrons. The zero-order valence-electron chi connectivity index (χ0n) is 19.6. The third-order valence-corrected chi connectivity index (χ3v) is 6.84. The van der Waals surface area contributed by atoms with E-state index in [0.717, 1.165) is 21.1 Å². The van der Waals surface area contributed by atoms with E-state index in [1.165, 1.54) is 25.5 Å². The summed E-state index contributed by atoms with van der Waals surface area (Å²) in [5.41, 5.74) is 5.48. The maximum atomic E-state index is 13.4. The lowest BCUT2D eigenvalue weighted by Gasteiger charge is -2.24. The number of sulfonamides is 1. The van der Waals surface area contributed by atoms with Crippen LogP contribution in [0.2, 0.25) is 0 Å². The Hall–Kier alpha value is -3.85. The Morgan fingerprint density at radius 3 is 2.29 bits per heavy atom. The second kappa shape index (κ2) is 10.8. The largest absolute Gasteiger partial charge is 0.497 e. The first-order valence-electron chi connectivity index (χ1n) is 10.5. The Morgan fingerprint density at radius 1 is 1.00 bits per heavy atom. The normalized spacial score (nSPS) is 11.3. The van der Waals surface area contributed by atoms with Crippen LogP contribution in [-0.4, -0.2) is 48.3 Å². The van der Waals surface area contributed by atoms with Crippen molar-refractivity contribution in [3.63, 3.8) is 0 Å². The number of carbonyl (C=O) groups is 1. The maximum absolute atomic E-state index is 13.4. The molecule has 3 rings (SSSR count). The Balaban J connectivity index is 1.82. The van der Waals surface area contributed by atoms with Crippen molar-refractivity contribution < 1.29 is 17.9 Å². The highest BCUT2D eigenvalue weighted by molar-refractivity contribution is 7.92. The Morgan fingerprint density at radius 2 is 1.68 bits per heavy atom. The molecular weight excluding hydrogens is 452 g/mol. The average molecular weight is 481 g/mol. The molecule has 34 heavy (non-hydrogen) atoms. The van der Waals surface area contributed by atoms with E-state index >= 15 is 0 Å². The number of benzene rings is 3. The first-order valence-corrected chi connectivity index (χ1v) is 12.0. The van der Waals surface area contributed by atoms with Crippen molar-refractivity contribution >= 4 is 33.5 Å². The number of carbonyl (C=O) groups excluding carboxylic acids is 1. The minimum Gasteiger partial charge on any atom is -0.497 e. The second-order valence-electron chi connectivity index (χ2n) is 7.81. The van der Waals surface area contributed by atoms with Gasteiger partial charge in [-0.1, -0.05) is 35.9 Å². The van der Waals surface area contributed by atoms with Gasteiger partial charge in [-0.3, -0.25) is 9.10 Å². The van der Waals surface area contributed by atoms with Gasteiger partial charge in [-0.15, -0.1) is 0 Å². The van der Waals surface area contributed by atoms with Gasteiger partial charge in [0.15, 0.2) is 0 Å². The summed E-state index contributed by atoms with van der Waals surface area (Å²) in [4.78, 5) is 14.7. The molecule has 178 valence electrons. The Bertz CT molecular complexity index is 1250. The molecule has 1 N–H and O–H groups in total. The highest BCUT2D eigenvalue weighted by Crippen LogP contribution is 2.27. The van der Waals surface area contributed by atoms with E-state index < -0.39 is 22.5 Å². The lowest BCUT2D eigenvalue weighted by molar-refractivity contribution is -0.119. The van der Waals surface area contributed by atoms with Crippen LogP contribution in [0.15, 0.2) is 82.8 Å². The van der Waals surface area contributed by atoms with Crippen molar-refractivity contribution in [3.05, 3.63) is 83.9 Å². The van der Waals surface area contributed by atoms with E-state index in [1.807, 2.05) is 50.2 Å². The first-order chi connectivity index (χ1) is 16.2. The van der Waals surface area contributed by atoms with Gasteiger partial charge in [0, 0.05) is 25.8 Å². The van der Waals surface area contributed by atoms with Gasteiger partial charge in [0.25, 0.3) is 15.9 Å². The first kappa shape index (κ1) is 24.8. The fourth-order valence-electron chi connectivity index (χ4n) is 3.12. The summed E-state index contributed by atoms with van der Waals surface area (Å²) in [7, 11) is 1.36. The molecule has 0 spiro atoms. The van der Waals surface area contributed by atoms with Gasteiger partial charge < -0.3 is 9.64 Å². The van der Waals surface area contributed by atoms with E-state index in [1.54, 1.807) is 36.4 Å². The zero-order valence-corrected chi connectivity index (χ0v) is 20.4. The molecule has 0 saturated heterocycles. The predicted molar refractivity (Wildman–Crippen MR) is 135 cm³/mol. The van der Waals surface area contributed by atoms with Crippen molar-refractivity contribution in [2.24, 2.45) is 5.10 Å². The van der Waals surface area contributed by atoms with Crippen molar-refractivity contribution in [1.82, 2.24) is 5.43 Å². The highest BCUT2D eigenvalue weighted by Gasteiger charge is 2.27. The molecule has 9 heteroatoms. The van der Waals surface area contributed by atoms with Gasteiger partial charge in [0.2, 0.25) is 0 Å². The summed E-state index contributed by atoms with van der Waals surface area (Å²) in [5.74, 6) is -0.110. The van der Waals surface area contributed by atoms with E-state index in [4.69, 9.17) is 4.74 Å². The molecule has 0 aliphatic carbocycles. The summed E-state index contributed by atoms with van der Waals surface area (Å²) in [6.07, 6.45) is 1.50. The van der Waals surface area contributed by atoms with Crippen molar-refractivity contribution in [1.29, 1.82) is 0 Å². The van der Waals surface area contributed by atoms with Gasteiger partial charge in [-0.2, -0.15) is 5.10 Å². The summed E-state index contributed by atoms with van der Waals surface area (Å²) >= 11 is 0. The van der Waals surface area contributed by atoms with Crippen LogP contribution in [0.3, 0.4) is 0 Å². The molecule has 0 atom stereocenters. The monoisotopic (exact) mass is 480 g/mol. The minimum atomic E-state index is -4.02. The molecular formula is C25H28N4O4S. The van der Waals surface area contributed by atoms with Crippen molar-refractivity contribution in [2.75, 3.05) is 37.0 Å². The number of nitrogens with zero attached hydrogens (tertiary/aromatic N) is 3. The fourth-order valence-corrected chi connectivity index (χ4v) is 4.53. The molecule has 3 aromatic rings. The second-order valence-corrected chi connectivity index (χ2v) is 9.67. The molecule has 0 aliphatic rings. The molecule has 1 amide bonds. The smallest absolute Gasteiger partial charge is 0.264 e. The average Bonchev–Trinajstić information content (AvgIpc) is 2.83. The summed E-state index contributed by atoms with van der Waals surface area (Å²) < 4.78 is 33.1. The van der Waals surface area contributed by atoms with Gasteiger partial charge >= 0.3 is 0 Å². The molecule has 8 nitrogen and oxygen atoms in total. The van der Waals surface area contributed by atoms with Gasteiger partial charge in [0.05, 0.1) is 23.9 Å². The summed E-state index contributed by atoms with van der Waals surface area (Å²) in [5, 5.41) is 3.98. The fraction of sp³-hybridized carbons (Fsp3) is 0.200. The number of amides is 1. The molecule has 0 fully saturated rings. The van der Waals surface area contributed by atoms with Gasteiger partial charge in [-0.25, -0.2) is 13.8 Å². The SMILES string of the molecule is COc1cccc(N(CC(=O)N/N=C\c2ccc(N(C)C)cc2)S(=O)(=O)c2ccc(C)cc2)c1. The van der Waals surface area contributed by atoms with Crippen molar-refractivity contribution in [2.45, 2.75) is 11.8 Å². The maximum Gasteiger partial charge on any atom is 0.264 e. The van der Waals surface area contributed by atoms with Crippen LogP contribution in [-0.2, 0) is 14.8 Å². The zero-order chi connectivity index (χ0) is 24.7. The third-order valence-electron chi connectivity index (χ3n) is 5.05. The van der Waals surface area contributed by atoms with Crippen LogP contribution in [0, 0.1) is 6.92 Å². The third kappa shape index (κ3) is 6.14. The number of hydrogen-bond acceptors (Lipinski definition) is 6. The molecule has 0 aromatic heterocycles. The summed E-state index contributed by atoms with van der Waals surface area (Å²) in [6.45, 7) is 1.41. The van der Waals surface area contributed by atoms with E-state index in [9.17, 15) is 13.2 Å². The molecule has 0 bridgehead atoms. The number of aryl methyl sites for hydroxylation is 1. The van der Waals surface area contributed by atoms with Gasteiger partial charge in [0.1, 0.15) is 12.3 Å². The number of ether oxygens (including phenoxy) is 1. The molecule has 3 aromatic carbocycles. The van der Waals surface area contributed by atoms with Gasteiger partial charge in [-0.05, 0) is 48.9 Å². The number of rotatable bonds is 9. The topological polar surface area (TPSA) is 91.3 Å². The quantitative estimate of drug-likeness (QED) is 0.374. The Kier molecular flexibility index (Phi) is 7.91. The molecule has 0 heterocycles. The van der Waals surface area contributed by atoms with Crippen LogP contribution in [0.5, 0.6) is 5.75 Å². The molecule has 0 saturated carbocycles. The number of nitrogens with one attached hydrogen (secondary N) is 1. The lowest BCUT2D eigenvalue weighted by Crippen LogP contribution is -2.39. The molecule has 0 aliphatic heterocycles. The van der Waals surface area contributed by atoms with Crippen LogP contribution < -0.4 is 19.4 Å². The predicted octanol–water partition coefficient (Wildman–Crippen LogP) is 3.42. The standard InChI is InChI=1S/C25H28N4O4S/c1-19-8-14-24(15-9-19)34(31,32)29(22-6-5-7-23(16-22)33-4)18-25(30)27-26-17-20-10-12-21(13-11-20)28(2)3/h5-17H,18H2,1-4H3,(H,27,30)/b26-17-. The van der Waals surface area contributed by atoms with E-state index in [0.29, 0.717) is 11.4 Å². The van der Waals surface area contributed by atoms with Crippen LogP contribution in [0.25, 0.3) is 0 Å². The number of hydrazone groups is 1. The van der Waals surface area contributed by atoms with Crippen molar-refractivity contribution in [3.8, 4) is 5.75 Å². The Labute approximate surface area is 200 Å². The molecule has 0 unspecified atom stereocenters. The number of methoxy groups -OCH3 is 1. The minimum absolute atomic E-state index is 0.0817. The van der Waals surface area contributed by atoms with E-state index in [-0.39, 0.29) is 4.90 Å². The van der Waals surface area contributed by atoms with Crippen LogP contribution in [0.1, 0.15) is 11.1 Å². The van der Waals surface area contributed by atoms with E-state index in [2.05, 4.69) is 10.5 Å². The number of hydrogen-bond donors (Lipinski definition) is 1. The summed E-state index contributed by atoms with van der Waals surface area (Å²) in [6, 6.07) is 20.6. The highest BCUT2D eigenvalue weighted by atomic mass is 32.2. The van der Waals surface area contributed by atoms with Crippen LogP contribution in [0.4, 0.5) is 11.4 Å². The number of anilines is 2. The lowest BCUT2D eigenvalue weighted by atomic mass is 10.2. The van der Waals surface area contributed by atoms with Crippen LogP contribution >= 0.6 is 0 Å².